The van der Waals surface area contributed by atoms with E-state index in [0.717, 1.165) is 24.1 Å². The Morgan fingerprint density at radius 1 is 1.50 bits per heavy atom. The van der Waals surface area contributed by atoms with Gasteiger partial charge in [0, 0.05) is 29.8 Å². The highest BCUT2D eigenvalue weighted by molar-refractivity contribution is 7.14. The van der Waals surface area contributed by atoms with Crippen LogP contribution in [0.3, 0.4) is 0 Å². The summed E-state index contributed by atoms with van der Waals surface area (Å²) in [5, 5.41) is 5.45. The van der Waals surface area contributed by atoms with E-state index in [1.54, 1.807) is 12.4 Å². The van der Waals surface area contributed by atoms with Gasteiger partial charge in [-0.3, -0.25) is 9.78 Å². The van der Waals surface area contributed by atoms with Crippen molar-refractivity contribution in [1.82, 2.24) is 9.97 Å². The van der Waals surface area contributed by atoms with Crippen molar-refractivity contribution >= 4 is 22.4 Å². The van der Waals surface area contributed by atoms with Gasteiger partial charge in [0.2, 0.25) is 5.91 Å². The summed E-state index contributed by atoms with van der Waals surface area (Å²) in [7, 11) is 0. The molecule has 1 atom stereocenters. The van der Waals surface area contributed by atoms with Crippen molar-refractivity contribution in [2.75, 3.05) is 5.32 Å². The molecular weight excluding hydrogens is 270 g/mol. The predicted molar refractivity (Wildman–Crippen MR) is 80.5 cm³/mol. The van der Waals surface area contributed by atoms with Crippen LogP contribution in [0.5, 0.6) is 0 Å². The van der Waals surface area contributed by atoms with Crippen LogP contribution in [0.15, 0.2) is 42.1 Å². The smallest absolute Gasteiger partial charge is 0.226 e. The van der Waals surface area contributed by atoms with Crippen molar-refractivity contribution < 1.29 is 4.79 Å². The molecule has 2 heterocycles. The van der Waals surface area contributed by atoms with Crippen molar-refractivity contribution in [3.8, 4) is 11.3 Å². The maximum Gasteiger partial charge on any atom is 0.226 e. The zero-order chi connectivity index (χ0) is 13.8. The fraction of sp³-hybridized carbons (Fsp3) is 0.267. The average Bonchev–Trinajstić information content (AvgIpc) is 3.11. The molecule has 5 heteroatoms. The summed E-state index contributed by atoms with van der Waals surface area (Å²) in [4.78, 5) is 20.4. The lowest BCUT2D eigenvalue weighted by Crippen LogP contribution is -2.14. The van der Waals surface area contributed by atoms with Gasteiger partial charge >= 0.3 is 0 Å². The van der Waals surface area contributed by atoms with Crippen molar-refractivity contribution in [1.29, 1.82) is 0 Å². The minimum Gasteiger partial charge on any atom is -0.302 e. The van der Waals surface area contributed by atoms with Gasteiger partial charge in [-0.05, 0) is 30.9 Å². The molecule has 20 heavy (non-hydrogen) atoms. The number of nitrogens with one attached hydrogen (secondary N) is 1. The molecule has 0 saturated carbocycles. The van der Waals surface area contributed by atoms with Crippen LogP contribution in [-0.4, -0.2) is 15.9 Å². The highest BCUT2D eigenvalue weighted by Crippen LogP contribution is 2.25. The number of hydrogen-bond donors (Lipinski definition) is 1. The first kappa shape index (κ1) is 13.0. The van der Waals surface area contributed by atoms with Gasteiger partial charge < -0.3 is 5.32 Å². The van der Waals surface area contributed by atoms with E-state index in [1.807, 2.05) is 17.5 Å². The number of aromatic nitrogens is 2. The van der Waals surface area contributed by atoms with Crippen LogP contribution in [0.25, 0.3) is 11.3 Å². The third-order valence-corrected chi connectivity index (χ3v) is 4.03. The largest absolute Gasteiger partial charge is 0.302 e. The number of rotatable bonds is 4. The van der Waals surface area contributed by atoms with Crippen LogP contribution in [0.2, 0.25) is 0 Å². The van der Waals surface area contributed by atoms with Crippen LogP contribution in [0.4, 0.5) is 5.13 Å². The van der Waals surface area contributed by atoms with E-state index in [2.05, 4.69) is 27.4 Å². The molecule has 1 aliphatic rings. The molecule has 3 rings (SSSR count). The number of anilines is 1. The summed E-state index contributed by atoms with van der Waals surface area (Å²) < 4.78 is 0. The minimum atomic E-state index is 0.0358. The van der Waals surface area contributed by atoms with Gasteiger partial charge in [0.05, 0.1) is 5.69 Å². The summed E-state index contributed by atoms with van der Waals surface area (Å²) in [6.07, 6.45) is 10.5. The fourth-order valence-electron chi connectivity index (χ4n) is 2.25. The van der Waals surface area contributed by atoms with E-state index < -0.39 is 0 Å². The Kier molecular flexibility index (Phi) is 3.87. The number of amides is 1. The summed E-state index contributed by atoms with van der Waals surface area (Å²) in [6.45, 7) is 0. The van der Waals surface area contributed by atoms with Gasteiger partial charge in [-0.2, -0.15) is 0 Å². The van der Waals surface area contributed by atoms with Crippen LogP contribution in [0.1, 0.15) is 19.3 Å². The molecule has 0 unspecified atom stereocenters. The molecule has 0 bridgehead atoms. The second kappa shape index (κ2) is 5.96. The van der Waals surface area contributed by atoms with Crippen molar-refractivity contribution in [3.63, 3.8) is 0 Å². The van der Waals surface area contributed by atoms with Crippen molar-refractivity contribution in [2.24, 2.45) is 5.92 Å². The molecule has 0 radical (unpaired) electrons. The molecule has 4 nitrogen and oxygen atoms in total. The first-order chi connectivity index (χ1) is 9.81. The van der Waals surface area contributed by atoms with E-state index >= 15 is 0 Å². The third kappa shape index (κ3) is 3.11. The SMILES string of the molecule is O=C(C[C@@H]1C=CCC1)Nc1nc(-c2cccnc2)cs1. The van der Waals surface area contributed by atoms with Crippen molar-refractivity contribution in [2.45, 2.75) is 19.3 Å². The molecule has 1 aliphatic carbocycles. The summed E-state index contributed by atoms with van der Waals surface area (Å²) in [5.41, 5.74) is 1.81. The summed E-state index contributed by atoms with van der Waals surface area (Å²) in [6, 6.07) is 3.83. The first-order valence-corrected chi connectivity index (χ1v) is 7.51. The van der Waals surface area contributed by atoms with E-state index in [0.29, 0.717) is 17.5 Å². The van der Waals surface area contributed by atoms with Gasteiger partial charge in [-0.1, -0.05) is 12.2 Å². The minimum absolute atomic E-state index is 0.0358. The number of hydrogen-bond acceptors (Lipinski definition) is 4. The van der Waals surface area contributed by atoms with E-state index in [1.165, 1.54) is 11.3 Å². The second-order valence-corrected chi connectivity index (χ2v) is 5.66. The number of nitrogens with zero attached hydrogens (tertiary/aromatic N) is 2. The van der Waals surface area contributed by atoms with Crippen LogP contribution in [0, 0.1) is 5.92 Å². The van der Waals surface area contributed by atoms with Crippen LogP contribution >= 0.6 is 11.3 Å². The molecule has 0 spiro atoms. The average molecular weight is 285 g/mol. The molecular formula is C15H15N3OS. The zero-order valence-electron chi connectivity index (χ0n) is 11.0. The molecule has 1 amide bonds. The normalized spacial score (nSPS) is 17.3. The maximum absolute atomic E-state index is 11.9. The Bertz CT molecular complexity index is 621. The van der Waals surface area contributed by atoms with Gasteiger partial charge in [-0.15, -0.1) is 11.3 Å². The van der Waals surface area contributed by atoms with E-state index in [4.69, 9.17) is 0 Å². The molecule has 1 N–H and O–H groups in total. The van der Waals surface area contributed by atoms with Gasteiger partial charge in [-0.25, -0.2) is 4.98 Å². The number of carbonyl (C=O) groups excluding carboxylic acids is 1. The Balaban J connectivity index is 1.62. The van der Waals surface area contributed by atoms with Crippen LogP contribution < -0.4 is 5.32 Å². The lowest BCUT2D eigenvalue weighted by Gasteiger charge is -2.06. The first-order valence-electron chi connectivity index (χ1n) is 6.64. The number of pyridine rings is 1. The summed E-state index contributed by atoms with van der Waals surface area (Å²) >= 11 is 1.44. The zero-order valence-corrected chi connectivity index (χ0v) is 11.8. The molecule has 102 valence electrons. The van der Waals surface area contributed by atoms with Crippen molar-refractivity contribution in [3.05, 3.63) is 42.1 Å². The maximum atomic E-state index is 11.9. The van der Waals surface area contributed by atoms with E-state index in [-0.39, 0.29) is 5.91 Å². The third-order valence-electron chi connectivity index (χ3n) is 3.27. The Labute approximate surface area is 121 Å². The molecule has 0 saturated heterocycles. The molecule has 2 aromatic rings. The van der Waals surface area contributed by atoms with Gasteiger partial charge in [0.15, 0.2) is 5.13 Å². The second-order valence-electron chi connectivity index (χ2n) is 4.80. The Morgan fingerprint density at radius 3 is 3.20 bits per heavy atom. The highest BCUT2D eigenvalue weighted by Gasteiger charge is 2.15. The number of thiazole rings is 1. The fourth-order valence-corrected chi connectivity index (χ4v) is 2.99. The molecule has 2 aromatic heterocycles. The summed E-state index contributed by atoms with van der Waals surface area (Å²) in [5.74, 6) is 0.418. The monoisotopic (exact) mass is 285 g/mol. The molecule has 0 fully saturated rings. The molecule has 0 aliphatic heterocycles. The predicted octanol–water partition coefficient (Wildman–Crippen LogP) is 3.50. The number of carbonyl (C=O) groups is 1. The Hall–Kier alpha value is -2.01. The van der Waals surface area contributed by atoms with Crippen LogP contribution in [-0.2, 0) is 4.79 Å². The lowest BCUT2D eigenvalue weighted by molar-refractivity contribution is -0.116. The number of allylic oxidation sites excluding steroid dienone is 2. The standard InChI is InChI=1S/C15H15N3OS/c19-14(8-11-4-1-2-5-11)18-15-17-13(10-20-15)12-6-3-7-16-9-12/h1,3-4,6-7,9-11H,2,5,8H2,(H,17,18,19)/t11-/m1/s1. The topological polar surface area (TPSA) is 54.9 Å². The Morgan fingerprint density at radius 2 is 2.45 bits per heavy atom. The van der Waals surface area contributed by atoms with E-state index in [9.17, 15) is 4.79 Å². The molecule has 0 aromatic carbocycles. The van der Waals surface area contributed by atoms with Gasteiger partial charge in [0.1, 0.15) is 0 Å². The lowest BCUT2D eigenvalue weighted by atomic mass is 10.1. The quantitative estimate of drug-likeness (QED) is 0.875. The highest BCUT2D eigenvalue weighted by atomic mass is 32.1. The van der Waals surface area contributed by atoms with Gasteiger partial charge in [0.25, 0.3) is 0 Å².